The van der Waals surface area contributed by atoms with Crippen LogP contribution in [0.25, 0.3) is 6.08 Å². The van der Waals surface area contributed by atoms with Gasteiger partial charge in [-0.05, 0) is 73.2 Å². The van der Waals surface area contributed by atoms with Crippen LogP contribution in [0.15, 0.2) is 114 Å². The summed E-state index contributed by atoms with van der Waals surface area (Å²) in [5, 5.41) is 9.02. The minimum Gasteiger partial charge on any atom is -0.325 e. The number of hydrogen-bond acceptors (Lipinski definition) is 4. The molecule has 0 aliphatic carbocycles. The Morgan fingerprint density at radius 1 is 0.795 bits per heavy atom. The van der Waals surface area contributed by atoms with Gasteiger partial charge in [0, 0.05) is 26.9 Å². The molecule has 196 valence electrons. The molecule has 0 spiro atoms. The molecule has 0 atom stereocenters. The molecule has 0 unspecified atom stereocenters. The van der Waals surface area contributed by atoms with E-state index in [-0.39, 0.29) is 23.3 Å². The number of carbonyl (C=O) groups excluding carboxylic acids is 3. The van der Waals surface area contributed by atoms with E-state index in [1.165, 1.54) is 11.8 Å². The van der Waals surface area contributed by atoms with Crippen LogP contribution < -0.4 is 16.0 Å². The van der Waals surface area contributed by atoms with Crippen LogP contribution in [0.5, 0.6) is 0 Å². The number of nitrogens with one attached hydrogen (secondary N) is 3. The molecule has 4 aromatic rings. The summed E-state index contributed by atoms with van der Waals surface area (Å²) >= 11 is 7.23. The molecule has 0 aromatic heterocycles. The van der Waals surface area contributed by atoms with Crippen LogP contribution in [0.4, 0.5) is 11.4 Å². The van der Waals surface area contributed by atoms with Gasteiger partial charge < -0.3 is 16.0 Å². The van der Waals surface area contributed by atoms with Crippen molar-refractivity contribution in [2.75, 3.05) is 16.4 Å². The van der Waals surface area contributed by atoms with Crippen molar-refractivity contribution in [2.24, 2.45) is 0 Å². The largest absolute Gasteiger partial charge is 0.325 e. The van der Waals surface area contributed by atoms with Gasteiger partial charge in [0.1, 0.15) is 5.70 Å². The van der Waals surface area contributed by atoms with Gasteiger partial charge in [-0.3, -0.25) is 14.4 Å². The highest BCUT2D eigenvalue weighted by molar-refractivity contribution is 8.00. The van der Waals surface area contributed by atoms with E-state index in [1.807, 2.05) is 43.3 Å². The van der Waals surface area contributed by atoms with Crippen molar-refractivity contribution in [3.05, 3.63) is 131 Å². The van der Waals surface area contributed by atoms with Crippen LogP contribution in [0.1, 0.15) is 21.5 Å². The van der Waals surface area contributed by atoms with Crippen molar-refractivity contribution in [2.45, 2.75) is 11.8 Å². The van der Waals surface area contributed by atoms with Gasteiger partial charge in [0.15, 0.2) is 0 Å². The van der Waals surface area contributed by atoms with Crippen LogP contribution >= 0.6 is 23.4 Å². The van der Waals surface area contributed by atoms with Crippen molar-refractivity contribution in [3.8, 4) is 0 Å². The molecule has 4 rings (SSSR count). The number of hydrogen-bond donors (Lipinski definition) is 3. The number of benzene rings is 4. The predicted octanol–water partition coefficient (Wildman–Crippen LogP) is 6.79. The molecule has 0 bridgehead atoms. The Bertz CT molecular complexity index is 1510. The van der Waals surface area contributed by atoms with Gasteiger partial charge in [0.2, 0.25) is 5.91 Å². The number of anilines is 2. The molecule has 39 heavy (non-hydrogen) atoms. The number of rotatable bonds is 9. The minimum absolute atomic E-state index is 0.106. The summed E-state index contributed by atoms with van der Waals surface area (Å²) in [4.78, 5) is 39.3. The standard InChI is InChI=1S/C31H26ClN3O3S/c1-21-7-5-8-22(17-21)18-28(35-30(37)23-9-3-2-4-10-23)31(38)34-26-11-6-12-27(19-26)39-20-29(36)33-25-15-13-24(32)14-16-25/h2-19H,20H2,1H3,(H,33,36)(H,34,38)(H,35,37)/b28-18+. The summed E-state index contributed by atoms with van der Waals surface area (Å²) in [7, 11) is 0. The molecule has 0 fully saturated rings. The number of halogens is 1. The van der Waals surface area contributed by atoms with Gasteiger partial charge in [0.25, 0.3) is 11.8 Å². The zero-order chi connectivity index (χ0) is 27.6. The number of thioether (sulfide) groups is 1. The van der Waals surface area contributed by atoms with Crippen molar-refractivity contribution in [1.29, 1.82) is 0 Å². The second kappa shape index (κ2) is 13.5. The first-order valence-corrected chi connectivity index (χ1v) is 13.5. The Kier molecular flexibility index (Phi) is 9.56. The van der Waals surface area contributed by atoms with E-state index in [0.717, 1.165) is 16.0 Å². The third kappa shape index (κ3) is 8.60. The van der Waals surface area contributed by atoms with Crippen molar-refractivity contribution in [1.82, 2.24) is 5.32 Å². The van der Waals surface area contributed by atoms with E-state index in [1.54, 1.807) is 72.8 Å². The molecule has 8 heteroatoms. The smallest absolute Gasteiger partial charge is 0.272 e. The van der Waals surface area contributed by atoms with Crippen LogP contribution in [-0.2, 0) is 9.59 Å². The first kappa shape index (κ1) is 27.7. The molecule has 0 aliphatic heterocycles. The molecule has 0 saturated heterocycles. The predicted molar refractivity (Wildman–Crippen MR) is 159 cm³/mol. The normalized spacial score (nSPS) is 11.0. The van der Waals surface area contributed by atoms with Crippen LogP contribution in [-0.4, -0.2) is 23.5 Å². The van der Waals surface area contributed by atoms with Crippen molar-refractivity contribution < 1.29 is 14.4 Å². The first-order valence-electron chi connectivity index (χ1n) is 12.1. The maximum atomic E-state index is 13.3. The van der Waals surface area contributed by atoms with Gasteiger partial charge in [-0.15, -0.1) is 11.8 Å². The molecule has 3 amide bonds. The van der Waals surface area contributed by atoms with E-state index >= 15 is 0 Å². The molecule has 0 aliphatic rings. The maximum Gasteiger partial charge on any atom is 0.272 e. The highest BCUT2D eigenvalue weighted by Gasteiger charge is 2.15. The van der Waals surface area contributed by atoms with E-state index in [4.69, 9.17) is 11.6 Å². The van der Waals surface area contributed by atoms with Crippen molar-refractivity contribution >= 4 is 58.5 Å². The van der Waals surface area contributed by atoms with Crippen LogP contribution in [0, 0.1) is 6.92 Å². The SMILES string of the molecule is Cc1cccc(/C=C(/NC(=O)c2ccccc2)C(=O)Nc2cccc(SCC(=O)Nc3ccc(Cl)cc3)c2)c1. The van der Waals surface area contributed by atoms with Gasteiger partial charge in [-0.2, -0.15) is 0 Å². The Morgan fingerprint density at radius 2 is 1.54 bits per heavy atom. The van der Waals surface area contributed by atoms with E-state index in [2.05, 4.69) is 16.0 Å². The van der Waals surface area contributed by atoms with E-state index in [0.29, 0.717) is 22.0 Å². The average molecular weight is 556 g/mol. The lowest BCUT2D eigenvalue weighted by atomic mass is 10.1. The first-order chi connectivity index (χ1) is 18.9. The molecule has 0 radical (unpaired) electrons. The second-order valence-electron chi connectivity index (χ2n) is 8.62. The van der Waals surface area contributed by atoms with E-state index < -0.39 is 5.91 Å². The molecule has 6 nitrogen and oxygen atoms in total. The van der Waals surface area contributed by atoms with Gasteiger partial charge in [-0.25, -0.2) is 0 Å². The fraction of sp³-hybridized carbons (Fsp3) is 0.0645. The summed E-state index contributed by atoms with van der Waals surface area (Å²) in [6.07, 6.45) is 1.64. The minimum atomic E-state index is -0.469. The topological polar surface area (TPSA) is 87.3 Å². The fourth-order valence-electron chi connectivity index (χ4n) is 3.61. The zero-order valence-electron chi connectivity index (χ0n) is 21.1. The Labute approximate surface area is 236 Å². The molecule has 4 aromatic carbocycles. The monoisotopic (exact) mass is 555 g/mol. The molecule has 3 N–H and O–H groups in total. The number of aryl methyl sites for hydroxylation is 1. The lowest BCUT2D eigenvalue weighted by Crippen LogP contribution is -2.30. The summed E-state index contributed by atoms with van der Waals surface area (Å²) in [6, 6.07) is 30.4. The lowest BCUT2D eigenvalue weighted by molar-refractivity contribution is -0.114. The van der Waals surface area contributed by atoms with Gasteiger partial charge in [0.05, 0.1) is 5.75 Å². The molecular weight excluding hydrogens is 530 g/mol. The highest BCUT2D eigenvalue weighted by Crippen LogP contribution is 2.23. The lowest BCUT2D eigenvalue weighted by Gasteiger charge is -2.12. The van der Waals surface area contributed by atoms with Gasteiger partial charge >= 0.3 is 0 Å². The molecule has 0 heterocycles. The molecule has 0 saturated carbocycles. The third-order valence-corrected chi connectivity index (χ3v) is 6.72. The summed E-state index contributed by atoms with van der Waals surface area (Å²) in [5.41, 5.74) is 3.56. The fourth-order valence-corrected chi connectivity index (χ4v) is 4.49. The quantitative estimate of drug-likeness (QED) is 0.157. The van der Waals surface area contributed by atoms with Crippen LogP contribution in [0.3, 0.4) is 0 Å². The van der Waals surface area contributed by atoms with Crippen molar-refractivity contribution in [3.63, 3.8) is 0 Å². The zero-order valence-corrected chi connectivity index (χ0v) is 22.7. The summed E-state index contributed by atoms with van der Waals surface area (Å²) in [6.45, 7) is 1.96. The second-order valence-corrected chi connectivity index (χ2v) is 10.1. The third-order valence-electron chi connectivity index (χ3n) is 5.47. The number of amides is 3. The van der Waals surface area contributed by atoms with Gasteiger partial charge in [-0.1, -0.05) is 65.7 Å². The Hall–Kier alpha value is -4.33. The average Bonchev–Trinajstić information content (AvgIpc) is 2.93. The number of carbonyl (C=O) groups is 3. The molecular formula is C31H26ClN3O3S. The summed E-state index contributed by atoms with van der Waals surface area (Å²) in [5.74, 6) is -0.834. The van der Waals surface area contributed by atoms with E-state index in [9.17, 15) is 14.4 Å². The summed E-state index contributed by atoms with van der Waals surface area (Å²) < 4.78 is 0. The Balaban J connectivity index is 1.45. The van der Waals surface area contributed by atoms with Crippen LogP contribution in [0.2, 0.25) is 5.02 Å². The highest BCUT2D eigenvalue weighted by atomic mass is 35.5. The Morgan fingerprint density at radius 3 is 2.28 bits per heavy atom. The maximum absolute atomic E-state index is 13.3.